The standard InChI is InChI=1S/C19H18N2O5/c1-12-7-9-13(10-8-12)15(11-21(23)24)17(19(22)25-2)18-14-5-3-4-6-16(14)26-20-18/h3-10,15,17H,11H2,1-2H3/t15-,17?/m0/s1. The quantitative estimate of drug-likeness (QED) is 0.382. The maximum Gasteiger partial charge on any atom is 0.315 e. The average Bonchev–Trinajstić information content (AvgIpc) is 3.05. The molecule has 7 nitrogen and oxygen atoms in total. The van der Waals surface area contributed by atoms with Gasteiger partial charge in [-0.05, 0) is 24.6 Å². The topological polar surface area (TPSA) is 95.5 Å². The first-order valence-corrected chi connectivity index (χ1v) is 8.11. The van der Waals surface area contributed by atoms with Crippen molar-refractivity contribution in [3.05, 3.63) is 75.5 Å². The highest BCUT2D eigenvalue weighted by atomic mass is 16.6. The Hall–Kier alpha value is -3.22. The summed E-state index contributed by atoms with van der Waals surface area (Å²) in [7, 11) is 1.26. The molecule has 7 heteroatoms. The first-order chi connectivity index (χ1) is 12.5. The Morgan fingerprint density at radius 1 is 1.23 bits per heavy atom. The van der Waals surface area contributed by atoms with Crippen molar-refractivity contribution in [1.82, 2.24) is 5.16 Å². The van der Waals surface area contributed by atoms with E-state index < -0.39 is 29.3 Å². The number of methoxy groups -OCH3 is 1. The molecule has 2 aromatic carbocycles. The number of nitro groups is 1. The molecule has 0 aliphatic carbocycles. The second-order valence-electron chi connectivity index (χ2n) is 6.10. The van der Waals surface area contributed by atoms with Crippen LogP contribution in [0.5, 0.6) is 0 Å². The highest BCUT2D eigenvalue weighted by Crippen LogP contribution is 2.37. The predicted octanol–water partition coefficient (Wildman–Crippen LogP) is 3.45. The number of esters is 1. The van der Waals surface area contributed by atoms with Crippen LogP contribution in [0.3, 0.4) is 0 Å². The van der Waals surface area contributed by atoms with Crippen molar-refractivity contribution in [1.29, 1.82) is 0 Å². The van der Waals surface area contributed by atoms with Gasteiger partial charge in [0.05, 0.1) is 13.0 Å². The van der Waals surface area contributed by atoms with E-state index >= 15 is 0 Å². The van der Waals surface area contributed by atoms with E-state index in [0.29, 0.717) is 22.2 Å². The van der Waals surface area contributed by atoms with E-state index in [0.717, 1.165) is 5.56 Å². The average molecular weight is 354 g/mol. The largest absolute Gasteiger partial charge is 0.468 e. The van der Waals surface area contributed by atoms with Gasteiger partial charge in [0.1, 0.15) is 11.6 Å². The van der Waals surface area contributed by atoms with E-state index in [-0.39, 0.29) is 0 Å². The second-order valence-corrected chi connectivity index (χ2v) is 6.10. The van der Waals surface area contributed by atoms with Crippen LogP contribution in [-0.2, 0) is 9.53 Å². The van der Waals surface area contributed by atoms with Gasteiger partial charge in [0.15, 0.2) is 5.58 Å². The third kappa shape index (κ3) is 3.42. The summed E-state index contributed by atoms with van der Waals surface area (Å²) in [4.78, 5) is 23.5. The fourth-order valence-electron chi connectivity index (χ4n) is 3.10. The molecule has 0 fully saturated rings. The molecule has 0 bridgehead atoms. The SMILES string of the molecule is COC(=O)C(c1noc2ccccc12)[C@@H](C[N+](=O)[O-])c1ccc(C)cc1. The number of para-hydroxylation sites is 1. The Labute approximate surface area is 149 Å². The fraction of sp³-hybridized carbons (Fsp3) is 0.263. The number of aryl methyl sites for hydroxylation is 1. The van der Waals surface area contributed by atoms with Gasteiger partial charge >= 0.3 is 5.97 Å². The summed E-state index contributed by atoms with van der Waals surface area (Å²) in [6.07, 6.45) is 0. The molecule has 1 unspecified atom stereocenters. The first kappa shape index (κ1) is 17.6. The van der Waals surface area contributed by atoms with E-state index in [2.05, 4.69) is 5.16 Å². The van der Waals surface area contributed by atoms with Crippen LogP contribution >= 0.6 is 0 Å². The van der Waals surface area contributed by atoms with Gasteiger partial charge < -0.3 is 9.26 Å². The third-order valence-electron chi connectivity index (χ3n) is 4.41. The van der Waals surface area contributed by atoms with Gasteiger partial charge in [0.25, 0.3) is 0 Å². The lowest BCUT2D eigenvalue weighted by molar-refractivity contribution is -0.483. The summed E-state index contributed by atoms with van der Waals surface area (Å²) >= 11 is 0. The molecule has 3 aromatic rings. The molecule has 0 spiro atoms. The molecule has 0 aliphatic rings. The summed E-state index contributed by atoms with van der Waals surface area (Å²) < 4.78 is 10.3. The first-order valence-electron chi connectivity index (χ1n) is 8.11. The minimum absolute atomic E-state index is 0.347. The molecule has 0 saturated carbocycles. The molecule has 0 amide bonds. The third-order valence-corrected chi connectivity index (χ3v) is 4.41. The zero-order valence-corrected chi connectivity index (χ0v) is 14.4. The molecular formula is C19H18N2O5. The smallest absolute Gasteiger partial charge is 0.315 e. The summed E-state index contributed by atoms with van der Waals surface area (Å²) in [5.74, 6) is -2.26. The number of carbonyl (C=O) groups is 1. The van der Waals surface area contributed by atoms with Gasteiger partial charge in [-0.3, -0.25) is 14.9 Å². The van der Waals surface area contributed by atoms with Crippen molar-refractivity contribution in [2.24, 2.45) is 0 Å². The zero-order chi connectivity index (χ0) is 18.7. The van der Waals surface area contributed by atoms with E-state index in [9.17, 15) is 14.9 Å². The Balaban J connectivity index is 2.15. The number of hydrogen-bond donors (Lipinski definition) is 0. The van der Waals surface area contributed by atoms with E-state index in [1.165, 1.54) is 7.11 Å². The van der Waals surface area contributed by atoms with Crippen LogP contribution in [0, 0.1) is 17.0 Å². The van der Waals surface area contributed by atoms with Crippen LogP contribution in [0.2, 0.25) is 0 Å². The monoisotopic (exact) mass is 354 g/mol. The highest BCUT2D eigenvalue weighted by molar-refractivity contribution is 5.88. The summed E-state index contributed by atoms with van der Waals surface area (Å²) in [6.45, 7) is 1.50. The van der Waals surface area contributed by atoms with E-state index in [1.54, 1.807) is 36.4 Å². The summed E-state index contributed by atoms with van der Waals surface area (Å²) in [6, 6.07) is 14.4. The Morgan fingerprint density at radius 2 is 1.92 bits per heavy atom. The van der Waals surface area contributed by atoms with Crippen LogP contribution in [0.1, 0.15) is 28.7 Å². The Bertz CT molecular complexity index is 933. The van der Waals surface area contributed by atoms with Crippen molar-refractivity contribution in [3.8, 4) is 0 Å². The number of benzene rings is 2. The lowest BCUT2D eigenvalue weighted by Gasteiger charge is -2.21. The van der Waals surface area contributed by atoms with Crippen molar-refractivity contribution in [2.75, 3.05) is 13.7 Å². The van der Waals surface area contributed by atoms with Crippen LogP contribution in [0.25, 0.3) is 11.0 Å². The number of nitrogens with zero attached hydrogens (tertiary/aromatic N) is 2. The molecule has 1 aromatic heterocycles. The number of hydrogen-bond acceptors (Lipinski definition) is 6. The minimum atomic E-state index is -0.947. The van der Waals surface area contributed by atoms with Gasteiger partial charge in [-0.1, -0.05) is 47.1 Å². The van der Waals surface area contributed by atoms with Crippen molar-refractivity contribution in [3.63, 3.8) is 0 Å². The molecule has 2 atom stereocenters. The number of fused-ring (bicyclic) bond motifs is 1. The number of ether oxygens (including phenoxy) is 1. The zero-order valence-electron chi connectivity index (χ0n) is 14.4. The molecule has 0 aliphatic heterocycles. The summed E-state index contributed by atoms with van der Waals surface area (Å²) in [5.41, 5.74) is 2.56. The molecule has 26 heavy (non-hydrogen) atoms. The van der Waals surface area contributed by atoms with Crippen LogP contribution in [0.4, 0.5) is 0 Å². The normalized spacial score (nSPS) is 13.3. The Morgan fingerprint density at radius 3 is 2.58 bits per heavy atom. The van der Waals surface area contributed by atoms with E-state index in [1.807, 2.05) is 19.1 Å². The number of carbonyl (C=O) groups excluding carboxylic acids is 1. The van der Waals surface area contributed by atoms with Crippen LogP contribution in [0.15, 0.2) is 53.1 Å². The fourth-order valence-corrected chi connectivity index (χ4v) is 3.10. The molecule has 1 heterocycles. The lowest BCUT2D eigenvalue weighted by atomic mass is 9.82. The van der Waals surface area contributed by atoms with E-state index in [4.69, 9.17) is 9.26 Å². The second kappa shape index (κ2) is 7.35. The van der Waals surface area contributed by atoms with Gasteiger partial charge in [-0.15, -0.1) is 0 Å². The molecule has 134 valence electrons. The van der Waals surface area contributed by atoms with Gasteiger partial charge in [-0.25, -0.2) is 0 Å². The predicted molar refractivity (Wildman–Crippen MR) is 94.5 cm³/mol. The van der Waals surface area contributed by atoms with Crippen molar-refractivity contribution < 1.29 is 19.0 Å². The molecular weight excluding hydrogens is 336 g/mol. The number of rotatable bonds is 6. The summed E-state index contributed by atoms with van der Waals surface area (Å²) in [5, 5.41) is 16.0. The maximum absolute atomic E-state index is 12.6. The maximum atomic E-state index is 12.6. The molecule has 0 saturated heterocycles. The molecule has 0 N–H and O–H groups in total. The molecule has 3 rings (SSSR count). The molecule has 0 radical (unpaired) electrons. The van der Waals surface area contributed by atoms with Crippen molar-refractivity contribution >= 4 is 16.9 Å². The van der Waals surface area contributed by atoms with Gasteiger partial charge in [0.2, 0.25) is 6.54 Å². The Kier molecular flexibility index (Phi) is 4.97. The highest BCUT2D eigenvalue weighted by Gasteiger charge is 2.38. The van der Waals surface area contributed by atoms with Gasteiger partial charge in [-0.2, -0.15) is 0 Å². The van der Waals surface area contributed by atoms with Gasteiger partial charge in [0, 0.05) is 10.3 Å². The van der Waals surface area contributed by atoms with Crippen LogP contribution < -0.4 is 0 Å². The lowest BCUT2D eigenvalue weighted by Crippen LogP contribution is -2.27. The van der Waals surface area contributed by atoms with Crippen molar-refractivity contribution in [2.45, 2.75) is 18.8 Å². The minimum Gasteiger partial charge on any atom is -0.468 e. The van der Waals surface area contributed by atoms with Crippen LogP contribution in [-0.4, -0.2) is 29.7 Å². The number of aromatic nitrogens is 1.